The summed E-state index contributed by atoms with van der Waals surface area (Å²) in [5.74, 6) is 0.115. The Morgan fingerprint density at radius 1 is 1.20 bits per heavy atom. The molecule has 0 spiro atoms. The van der Waals surface area contributed by atoms with E-state index in [1.165, 1.54) is 12.1 Å². The van der Waals surface area contributed by atoms with Gasteiger partial charge in [-0.3, -0.25) is 4.79 Å². The second-order valence-corrected chi connectivity index (χ2v) is 7.49. The topological polar surface area (TPSA) is 109 Å². The van der Waals surface area contributed by atoms with Gasteiger partial charge in [-0.1, -0.05) is 24.3 Å². The van der Waals surface area contributed by atoms with Crippen molar-refractivity contribution in [1.29, 1.82) is 0 Å². The average Bonchev–Trinajstić information content (AvgIpc) is 2.56. The lowest BCUT2D eigenvalue weighted by atomic mass is 10.1. The molecule has 6 nitrogen and oxygen atoms in total. The van der Waals surface area contributed by atoms with E-state index >= 15 is 0 Å². The van der Waals surface area contributed by atoms with Crippen molar-refractivity contribution in [2.75, 3.05) is 0 Å². The molecule has 0 saturated heterocycles. The van der Waals surface area contributed by atoms with Crippen molar-refractivity contribution in [3.63, 3.8) is 0 Å². The van der Waals surface area contributed by atoms with Crippen LogP contribution in [0.4, 0.5) is 0 Å². The standard InChI is InChI=1S/C18H22N2O4S/c1-13(15-5-3-6-17(12-15)25(19,23)24)20-18(22)7-2-4-14-8-10-16(21)11-9-14/h3,5-6,8-13,21H,2,4,7H2,1H3,(H,20,22)(H2,19,23,24). The summed E-state index contributed by atoms with van der Waals surface area (Å²) < 4.78 is 22.8. The van der Waals surface area contributed by atoms with E-state index in [0.29, 0.717) is 18.4 Å². The second-order valence-electron chi connectivity index (χ2n) is 5.93. The predicted octanol–water partition coefficient (Wildman–Crippen LogP) is 2.24. The summed E-state index contributed by atoms with van der Waals surface area (Å²) in [5.41, 5.74) is 1.73. The van der Waals surface area contributed by atoms with Gasteiger partial charge in [0.2, 0.25) is 15.9 Å². The van der Waals surface area contributed by atoms with Crippen LogP contribution in [0.5, 0.6) is 5.75 Å². The summed E-state index contributed by atoms with van der Waals surface area (Å²) >= 11 is 0. The maximum Gasteiger partial charge on any atom is 0.238 e. The zero-order valence-corrected chi connectivity index (χ0v) is 14.8. The van der Waals surface area contributed by atoms with Crippen LogP contribution in [0.2, 0.25) is 0 Å². The predicted molar refractivity (Wildman–Crippen MR) is 95.4 cm³/mol. The quantitative estimate of drug-likeness (QED) is 0.701. The number of benzene rings is 2. The lowest BCUT2D eigenvalue weighted by Gasteiger charge is -2.15. The van der Waals surface area contributed by atoms with Crippen LogP contribution in [0, 0.1) is 0 Å². The van der Waals surface area contributed by atoms with Crippen molar-refractivity contribution in [3.05, 3.63) is 59.7 Å². The number of phenolic OH excluding ortho intramolecular Hbond substituents is 1. The van der Waals surface area contributed by atoms with Gasteiger partial charge in [0.05, 0.1) is 10.9 Å². The molecule has 2 aromatic rings. The average molecular weight is 362 g/mol. The molecule has 0 bridgehead atoms. The summed E-state index contributed by atoms with van der Waals surface area (Å²) in [5, 5.41) is 17.2. The number of phenols is 1. The summed E-state index contributed by atoms with van der Waals surface area (Å²) in [6.07, 6.45) is 1.78. The Hall–Kier alpha value is -2.38. The van der Waals surface area contributed by atoms with E-state index < -0.39 is 10.0 Å². The first kappa shape index (κ1) is 19.0. The van der Waals surface area contributed by atoms with Crippen LogP contribution in [0.25, 0.3) is 0 Å². The van der Waals surface area contributed by atoms with Gasteiger partial charge in [0.25, 0.3) is 0 Å². The molecule has 0 fully saturated rings. The summed E-state index contributed by atoms with van der Waals surface area (Å²) in [6.45, 7) is 1.79. The van der Waals surface area contributed by atoms with Crippen molar-refractivity contribution < 1.29 is 18.3 Å². The van der Waals surface area contributed by atoms with Crippen LogP contribution in [0.15, 0.2) is 53.4 Å². The molecule has 1 unspecified atom stereocenters. The summed E-state index contributed by atoms with van der Waals surface area (Å²) in [4.78, 5) is 12.1. The number of hydrogen-bond donors (Lipinski definition) is 3. The SMILES string of the molecule is CC(NC(=O)CCCc1ccc(O)cc1)c1cccc(S(N)(=O)=O)c1. The molecule has 0 aliphatic rings. The highest BCUT2D eigenvalue weighted by Crippen LogP contribution is 2.17. The minimum Gasteiger partial charge on any atom is -0.508 e. The molecular formula is C18H22N2O4S. The van der Waals surface area contributed by atoms with Crippen molar-refractivity contribution in [2.24, 2.45) is 5.14 Å². The molecule has 1 atom stereocenters. The van der Waals surface area contributed by atoms with Gasteiger partial charge in [0.15, 0.2) is 0 Å². The maximum absolute atomic E-state index is 12.1. The largest absolute Gasteiger partial charge is 0.508 e. The van der Waals surface area contributed by atoms with Gasteiger partial charge in [-0.2, -0.15) is 0 Å². The third-order valence-corrected chi connectivity index (χ3v) is 4.78. The normalized spacial score (nSPS) is 12.6. The fourth-order valence-corrected chi connectivity index (χ4v) is 3.04. The zero-order chi connectivity index (χ0) is 18.4. The van der Waals surface area contributed by atoms with Crippen LogP contribution in [-0.4, -0.2) is 19.4 Å². The number of nitrogens with two attached hydrogens (primary N) is 1. The molecule has 25 heavy (non-hydrogen) atoms. The van der Waals surface area contributed by atoms with Crippen LogP contribution in [0.3, 0.4) is 0 Å². The van der Waals surface area contributed by atoms with Crippen LogP contribution in [-0.2, 0) is 21.2 Å². The number of nitrogens with one attached hydrogen (secondary N) is 1. The summed E-state index contributed by atoms with van der Waals surface area (Å²) in [7, 11) is -3.77. The van der Waals surface area contributed by atoms with E-state index in [1.807, 2.05) is 12.1 Å². The molecule has 2 aromatic carbocycles. The molecule has 0 aliphatic carbocycles. The number of carbonyl (C=O) groups is 1. The van der Waals surface area contributed by atoms with Gasteiger partial charge < -0.3 is 10.4 Å². The first-order valence-electron chi connectivity index (χ1n) is 7.96. The number of carbonyl (C=O) groups excluding carboxylic acids is 1. The van der Waals surface area contributed by atoms with Crippen molar-refractivity contribution in [3.8, 4) is 5.75 Å². The Morgan fingerprint density at radius 3 is 2.52 bits per heavy atom. The highest BCUT2D eigenvalue weighted by atomic mass is 32.2. The van der Waals surface area contributed by atoms with E-state index in [4.69, 9.17) is 5.14 Å². The van der Waals surface area contributed by atoms with E-state index in [-0.39, 0.29) is 22.6 Å². The fraction of sp³-hybridized carbons (Fsp3) is 0.278. The van der Waals surface area contributed by atoms with Crippen molar-refractivity contribution >= 4 is 15.9 Å². The Kier molecular flexibility index (Phi) is 6.17. The molecule has 134 valence electrons. The number of sulfonamides is 1. The van der Waals surface area contributed by atoms with Crippen LogP contribution in [0.1, 0.15) is 36.9 Å². The summed E-state index contributed by atoms with van der Waals surface area (Å²) in [6, 6.07) is 12.8. The zero-order valence-electron chi connectivity index (χ0n) is 14.0. The molecule has 0 aromatic heterocycles. The van der Waals surface area contributed by atoms with Gasteiger partial charge in [0.1, 0.15) is 5.75 Å². The number of aryl methyl sites for hydroxylation is 1. The number of rotatable bonds is 7. The highest BCUT2D eigenvalue weighted by molar-refractivity contribution is 7.89. The van der Waals surface area contributed by atoms with Gasteiger partial charge in [-0.05, 0) is 55.2 Å². The molecule has 0 aliphatic heterocycles. The van der Waals surface area contributed by atoms with E-state index in [0.717, 1.165) is 12.0 Å². The lowest BCUT2D eigenvalue weighted by Crippen LogP contribution is -2.26. The number of amides is 1. The van der Waals surface area contributed by atoms with Gasteiger partial charge >= 0.3 is 0 Å². The monoisotopic (exact) mass is 362 g/mol. The first-order chi connectivity index (χ1) is 11.8. The maximum atomic E-state index is 12.1. The third-order valence-electron chi connectivity index (χ3n) is 3.87. The molecule has 0 heterocycles. The van der Waals surface area contributed by atoms with E-state index in [2.05, 4.69) is 5.32 Å². The smallest absolute Gasteiger partial charge is 0.238 e. The fourth-order valence-electron chi connectivity index (χ4n) is 2.47. The van der Waals surface area contributed by atoms with Gasteiger partial charge in [-0.15, -0.1) is 0 Å². The number of aromatic hydroxyl groups is 1. The van der Waals surface area contributed by atoms with Gasteiger partial charge in [-0.25, -0.2) is 13.6 Å². The van der Waals surface area contributed by atoms with E-state index in [1.54, 1.807) is 31.2 Å². The Balaban J connectivity index is 1.86. The third kappa shape index (κ3) is 5.88. The first-order valence-corrected chi connectivity index (χ1v) is 9.50. The van der Waals surface area contributed by atoms with Crippen molar-refractivity contribution in [2.45, 2.75) is 37.1 Å². The minimum atomic E-state index is -3.77. The minimum absolute atomic E-state index is 0.0263. The molecule has 0 saturated carbocycles. The Bertz CT molecular complexity index is 832. The van der Waals surface area contributed by atoms with Crippen LogP contribution >= 0.6 is 0 Å². The molecule has 1 amide bonds. The molecule has 2 rings (SSSR count). The highest BCUT2D eigenvalue weighted by Gasteiger charge is 2.13. The van der Waals surface area contributed by atoms with Gasteiger partial charge in [0, 0.05) is 6.42 Å². The molecule has 7 heteroatoms. The van der Waals surface area contributed by atoms with Crippen LogP contribution < -0.4 is 10.5 Å². The number of primary sulfonamides is 1. The number of hydrogen-bond acceptors (Lipinski definition) is 4. The Labute approximate surface area is 147 Å². The molecule has 4 N–H and O–H groups in total. The van der Waals surface area contributed by atoms with E-state index in [9.17, 15) is 18.3 Å². The molecule has 0 radical (unpaired) electrons. The second kappa shape index (κ2) is 8.13. The Morgan fingerprint density at radius 2 is 1.88 bits per heavy atom. The molecular weight excluding hydrogens is 340 g/mol. The van der Waals surface area contributed by atoms with Crippen molar-refractivity contribution in [1.82, 2.24) is 5.32 Å². The lowest BCUT2D eigenvalue weighted by molar-refractivity contribution is -0.121.